The third kappa shape index (κ3) is 3.22. The van der Waals surface area contributed by atoms with Crippen LogP contribution in [0.4, 0.5) is 0 Å². The average Bonchev–Trinajstić information content (AvgIpc) is 2.59. The Bertz CT molecular complexity index is 303. The molecule has 13 heavy (non-hydrogen) atoms. The van der Waals surface area contributed by atoms with E-state index in [1.165, 1.54) is 18.4 Å². The van der Waals surface area contributed by atoms with Crippen molar-refractivity contribution in [2.75, 3.05) is 6.61 Å². The molecule has 0 aliphatic heterocycles. The van der Waals surface area contributed by atoms with Crippen LogP contribution in [0, 0.1) is 11.8 Å². The summed E-state index contributed by atoms with van der Waals surface area (Å²) in [6.07, 6.45) is 3.53. The highest BCUT2D eigenvalue weighted by Crippen LogP contribution is 2.17. The Labute approximate surface area is 83.4 Å². The summed E-state index contributed by atoms with van der Waals surface area (Å²) in [7, 11) is 0. The first-order valence-electron chi connectivity index (χ1n) is 4.54. The SMILES string of the molecule is CCCCc1ccsc1C#CCO. The Morgan fingerprint density at radius 1 is 1.54 bits per heavy atom. The van der Waals surface area contributed by atoms with Crippen LogP contribution in [0.25, 0.3) is 0 Å². The molecule has 1 heterocycles. The van der Waals surface area contributed by atoms with Crippen molar-refractivity contribution in [1.82, 2.24) is 0 Å². The van der Waals surface area contributed by atoms with Crippen molar-refractivity contribution in [2.24, 2.45) is 0 Å². The zero-order valence-corrected chi connectivity index (χ0v) is 8.66. The van der Waals surface area contributed by atoms with Crippen LogP contribution in [0.5, 0.6) is 0 Å². The molecule has 1 rings (SSSR count). The lowest BCUT2D eigenvalue weighted by Gasteiger charge is -1.95. The maximum absolute atomic E-state index is 8.56. The fraction of sp³-hybridized carbons (Fsp3) is 0.455. The van der Waals surface area contributed by atoms with Gasteiger partial charge in [-0.1, -0.05) is 25.2 Å². The van der Waals surface area contributed by atoms with E-state index in [9.17, 15) is 0 Å². The number of thiophene rings is 1. The summed E-state index contributed by atoms with van der Waals surface area (Å²) < 4.78 is 0. The fourth-order valence-electron chi connectivity index (χ4n) is 1.13. The molecule has 0 fully saturated rings. The first kappa shape index (κ1) is 10.3. The lowest BCUT2D eigenvalue weighted by molar-refractivity contribution is 0.350. The monoisotopic (exact) mass is 194 g/mol. The molecule has 0 unspecified atom stereocenters. The fourth-order valence-corrected chi connectivity index (χ4v) is 1.95. The second-order valence-corrected chi connectivity index (χ2v) is 3.75. The van der Waals surface area contributed by atoms with E-state index < -0.39 is 0 Å². The van der Waals surface area contributed by atoms with Gasteiger partial charge in [-0.25, -0.2) is 0 Å². The molecule has 2 heteroatoms. The summed E-state index contributed by atoms with van der Waals surface area (Å²) in [5.41, 5.74) is 1.33. The number of aryl methyl sites for hydroxylation is 1. The summed E-state index contributed by atoms with van der Waals surface area (Å²) in [4.78, 5) is 1.11. The molecule has 0 aromatic carbocycles. The number of hydrogen-bond acceptors (Lipinski definition) is 2. The molecular weight excluding hydrogens is 180 g/mol. The molecule has 0 bridgehead atoms. The van der Waals surface area contributed by atoms with E-state index in [2.05, 4.69) is 30.2 Å². The first-order valence-corrected chi connectivity index (χ1v) is 5.42. The van der Waals surface area contributed by atoms with E-state index >= 15 is 0 Å². The minimum absolute atomic E-state index is 0.0505. The molecule has 0 radical (unpaired) electrons. The van der Waals surface area contributed by atoms with Crippen LogP contribution in [0.15, 0.2) is 11.4 Å². The van der Waals surface area contributed by atoms with Crippen molar-refractivity contribution in [2.45, 2.75) is 26.2 Å². The van der Waals surface area contributed by atoms with Gasteiger partial charge in [0.1, 0.15) is 6.61 Å². The Kier molecular flexibility index (Phi) is 4.59. The minimum atomic E-state index is -0.0505. The van der Waals surface area contributed by atoms with Crippen molar-refractivity contribution < 1.29 is 5.11 Å². The van der Waals surface area contributed by atoms with Crippen molar-refractivity contribution in [3.63, 3.8) is 0 Å². The lowest BCUT2D eigenvalue weighted by Crippen LogP contribution is -1.84. The molecule has 0 aliphatic carbocycles. The highest BCUT2D eigenvalue weighted by Gasteiger charge is 1.99. The van der Waals surface area contributed by atoms with Gasteiger partial charge >= 0.3 is 0 Å². The smallest absolute Gasteiger partial charge is 0.104 e. The Balaban J connectivity index is 2.65. The van der Waals surface area contributed by atoms with Gasteiger partial charge in [0.2, 0.25) is 0 Å². The molecule has 1 nitrogen and oxygen atoms in total. The van der Waals surface area contributed by atoms with Crippen LogP contribution in [-0.4, -0.2) is 11.7 Å². The second-order valence-electron chi connectivity index (χ2n) is 2.84. The largest absolute Gasteiger partial charge is 0.384 e. The van der Waals surface area contributed by atoms with E-state index in [0.29, 0.717) is 0 Å². The Morgan fingerprint density at radius 3 is 3.08 bits per heavy atom. The normalized spacial score (nSPS) is 9.38. The molecule has 0 saturated heterocycles. The van der Waals surface area contributed by atoms with Crippen LogP contribution in [0.1, 0.15) is 30.2 Å². The highest BCUT2D eigenvalue weighted by atomic mass is 32.1. The van der Waals surface area contributed by atoms with Gasteiger partial charge in [0.05, 0.1) is 4.88 Å². The third-order valence-electron chi connectivity index (χ3n) is 1.83. The molecule has 1 aromatic heterocycles. The molecule has 1 N–H and O–H groups in total. The Morgan fingerprint density at radius 2 is 2.38 bits per heavy atom. The van der Waals surface area contributed by atoms with Crippen LogP contribution in [0.3, 0.4) is 0 Å². The topological polar surface area (TPSA) is 20.2 Å². The van der Waals surface area contributed by atoms with E-state index in [4.69, 9.17) is 5.11 Å². The number of aliphatic hydroxyl groups excluding tert-OH is 1. The van der Waals surface area contributed by atoms with Gasteiger partial charge in [-0.3, -0.25) is 0 Å². The Hall–Kier alpha value is -0.780. The summed E-state index contributed by atoms with van der Waals surface area (Å²) in [5, 5.41) is 10.6. The molecule has 0 atom stereocenters. The number of hydrogen-bond donors (Lipinski definition) is 1. The van der Waals surface area contributed by atoms with Crippen LogP contribution in [0.2, 0.25) is 0 Å². The summed E-state index contributed by atoms with van der Waals surface area (Å²) in [6.45, 7) is 2.14. The lowest BCUT2D eigenvalue weighted by atomic mass is 10.1. The van der Waals surface area contributed by atoms with E-state index in [0.717, 1.165) is 11.3 Å². The predicted octanol–water partition coefficient (Wildman–Crippen LogP) is 2.43. The van der Waals surface area contributed by atoms with Gasteiger partial charge in [-0.15, -0.1) is 11.3 Å². The van der Waals surface area contributed by atoms with Crippen molar-refractivity contribution in [1.29, 1.82) is 0 Å². The third-order valence-corrected chi connectivity index (χ3v) is 2.70. The molecule has 0 amide bonds. The zero-order chi connectivity index (χ0) is 9.52. The summed E-state index contributed by atoms with van der Waals surface area (Å²) in [5.74, 6) is 5.65. The van der Waals surface area contributed by atoms with E-state index in [1.54, 1.807) is 11.3 Å². The van der Waals surface area contributed by atoms with Crippen molar-refractivity contribution in [3.05, 3.63) is 21.9 Å². The van der Waals surface area contributed by atoms with Crippen molar-refractivity contribution >= 4 is 11.3 Å². The van der Waals surface area contributed by atoms with Gasteiger partial charge in [-0.05, 0) is 29.9 Å². The quantitative estimate of drug-likeness (QED) is 0.733. The van der Waals surface area contributed by atoms with Gasteiger partial charge in [0.15, 0.2) is 0 Å². The zero-order valence-electron chi connectivity index (χ0n) is 7.84. The standard InChI is InChI=1S/C11H14OS/c1-2-3-5-10-7-9-13-11(10)6-4-8-12/h7,9,12H,2-3,5,8H2,1H3. The molecule has 1 aromatic rings. The second kappa shape index (κ2) is 5.80. The maximum atomic E-state index is 8.56. The molecular formula is C11H14OS. The minimum Gasteiger partial charge on any atom is -0.384 e. The number of unbranched alkanes of at least 4 members (excludes halogenated alkanes) is 1. The van der Waals surface area contributed by atoms with Crippen LogP contribution in [-0.2, 0) is 6.42 Å². The van der Waals surface area contributed by atoms with Crippen LogP contribution < -0.4 is 0 Å². The van der Waals surface area contributed by atoms with Gasteiger partial charge in [-0.2, -0.15) is 0 Å². The predicted molar refractivity (Wildman–Crippen MR) is 56.9 cm³/mol. The summed E-state index contributed by atoms with van der Waals surface area (Å²) in [6, 6.07) is 2.13. The van der Waals surface area contributed by atoms with E-state index in [1.807, 2.05) is 0 Å². The number of aliphatic hydroxyl groups is 1. The van der Waals surface area contributed by atoms with Gasteiger partial charge in [0, 0.05) is 0 Å². The molecule has 70 valence electrons. The van der Waals surface area contributed by atoms with Gasteiger partial charge < -0.3 is 5.11 Å². The maximum Gasteiger partial charge on any atom is 0.104 e. The number of rotatable bonds is 3. The first-order chi connectivity index (χ1) is 6.38. The van der Waals surface area contributed by atoms with E-state index in [-0.39, 0.29) is 6.61 Å². The molecule has 0 spiro atoms. The van der Waals surface area contributed by atoms with Crippen LogP contribution >= 0.6 is 11.3 Å². The average molecular weight is 194 g/mol. The summed E-state index contributed by atoms with van der Waals surface area (Å²) >= 11 is 1.66. The molecule has 0 saturated carbocycles. The van der Waals surface area contributed by atoms with Gasteiger partial charge in [0.25, 0.3) is 0 Å². The highest BCUT2D eigenvalue weighted by molar-refractivity contribution is 7.10. The van der Waals surface area contributed by atoms with Crippen molar-refractivity contribution in [3.8, 4) is 11.8 Å². The molecule has 0 aliphatic rings.